The molecule has 1 fully saturated rings. The minimum Gasteiger partial charge on any atom is -0.481 e. The van der Waals surface area contributed by atoms with Crippen molar-refractivity contribution in [1.29, 1.82) is 0 Å². The predicted molar refractivity (Wildman–Crippen MR) is 83.3 cm³/mol. The minimum absolute atomic E-state index is 0.0500. The van der Waals surface area contributed by atoms with Crippen molar-refractivity contribution in [3.05, 3.63) is 0 Å². The van der Waals surface area contributed by atoms with Gasteiger partial charge in [-0.2, -0.15) is 0 Å². The van der Waals surface area contributed by atoms with Gasteiger partial charge in [0, 0.05) is 24.5 Å². The zero-order chi connectivity index (χ0) is 16.0. The molecule has 1 aliphatic rings. The molecule has 1 rings (SSSR count). The number of nitrogens with one attached hydrogen (secondary N) is 1. The van der Waals surface area contributed by atoms with Gasteiger partial charge in [0.2, 0.25) is 0 Å². The van der Waals surface area contributed by atoms with Crippen LogP contribution in [0, 0.1) is 5.92 Å². The van der Waals surface area contributed by atoms with Gasteiger partial charge in [-0.1, -0.05) is 26.7 Å². The minimum atomic E-state index is -0.827. The van der Waals surface area contributed by atoms with E-state index in [1.165, 1.54) is 12.8 Å². The van der Waals surface area contributed by atoms with Crippen LogP contribution in [-0.4, -0.2) is 40.1 Å². The van der Waals surface area contributed by atoms with E-state index in [-0.39, 0.29) is 12.5 Å². The number of aliphatic carboxylic acids is 1. The molecule has 122 valence electrons. The zero-order valence-corrected chi connectivity index (χ0v) is 13.8. The Balaban J connectivity index is 2.64. The van der Waals surface area contributed by atoms with Crippen LogP contribution in [0.25, 0.3) is 0 Å². The summed E-state index contributed by atoms with van der Waals surface area (Å²) in [5, 5.41) is 11.8. The second-order valence-corrected chi connectivity index (χ2v) is 7.19. The molecule has 0 aliphatic heterocycles. The molecular formula is C16H30N2O3. The van der Waals surface area contributed by atoms with Gasteiger partial charge in [0.15, 0.2) is 0 Å². The fraction of sp³-hybridized carbons (Fsp3) is 0.875. The molecule has 0 saturated heterocycles. The normalized spacial score (nSPS) is 16.2. The zero-order valence-electron chi connectivity index (χ0n) is 13.8. The monoisotopic (exact) mass is 298 g/mol. The summed E-state index contributed by atoms with van der Waals surface area (Å²) in [4.78, 5) is 25.2. The first-order chi connectivity index (χ1) is 9.71. The van der Waals surface area contributed by atoms with Gasteiger partial charge in [-0.15, -0.1) is 0 Å². The lowest BCUT2D eigenvalue weighted by Crippen LogP contribution is -2.53. The predicted octanol–water partition coefficient (Wildman–Crippen LogP) is 3.24. The van der Waals surface area contributed by atoms with Crippen LogP contribution >= 0.6 is 0 Å². The van der Waals surface area contributed by atoms with Crippen molar-refractivity contribution < 1.29 is 14.7 Å². The Morgan fingerprint density at radius 3 is 2.33 bits per heavy atom. The van der Waals surface area contributed by atoms with Crippen molar-refractivity contribution in [2.75, 3.05) is 6.54 Å². The van der Waals surface area contributed by atoms with Gasteiger partial charge in [-0.25, -0.2) is 4.79 Å². The molecule has 0 heterocycles. The Morgan fingerprint density at radius 1 is 1.29 bits per heavy atom. The molecule has 1 saturated carbocycles. The SMILES string of the molecule is CC(C)CN(C(=O)NC(C)(C)CCC(=O)O)C1CCCC1. The second-order valence-electron chi connectivity index (χ2n) is 7.19. The average Bonchev–Trinajstić information content (AvgIpc) is 2.86. The fourth-order valence-corrected chi connectivity index (χ4v) is 2.85. The van der Waals surface area contributed by atoms with Gasteiger partial charge in [0.25, 0.3) is 0 Å². The number of carbonyl (C=O) groups is 2. The van der Waals surface area contributed by atoms with Crippen LogP contribution in [0.1, 0.15) is 66.2 Å². The Morgan fingerprint density at radius 2 is 1.86 bits per heavy atom. The highest BCUT2D eigenvalue weighted by molar-refractivity contribution is 5.75. The molecule has 0 aromatic rings. The van der Waals surface area contributed by atoms with E-state index in [1.807, 2.05) is 18.7 Å². The molecule has 1 aliphatic carbocycles. The van der Waals surface area contributed by atoms with Crippen molar-refractivity contribution in [1.82, 2.24) is 10.2 Å². The molecule has 0 spiro atoms. The van der Waals surface area contributed by atoms with Crippen LogP contribution in [0.15, 0.2) is 0 Å². The smallest absolute Gasteiger partial charge is 0.318 e. The summed E-state index contributed by atoms with van der Waals surface area (Å²) in [7, 11) is 0. The van der Waals surface area contributed by atoms with Crippen LogP contribution in [0.2, 0.25) is 0 Å². The van der Waals surface area contributed by atoms with E-state index in [0.717, 1.165) is 19.4 Å². The van der Waals surface area contributed by atoms with E-state index in [2.05, 4.69) is 19.2 Å². The number of carboxylic acids is 1. The van der Waals surface area contributed by atoms with Gasteiger partial charge in [0.05, 0.1) is 0 Å². The summed E-state index contributed by atoms with van der Waals surface area (Å²) in [6, 6.07) is 0.286. The van der Waals surface area contributed by atoms with E-state index < -0.39 is 11.5 Å². The quantitative estimate of drug-likeness (QED) is 0.758. The van der Waals surface area contributed by atoms with Gasteiger partial charge in [-0.3, -0.25) is 4.79 Å². The van der Waals surface area contributed by atoms with E-state index >= 15 is 0 Å². The maximum Gasteiger partial charge on any atom is 0.318 e. The lowest BCUT2D eigenvalue weighted by molar-refractivity contribution is -0.137. The number of rotatable bonds is 7. The number of nitrogens with zero attached hydrogens (tertiary/aromatic N) is 1. The first-order valence-corrected chi connectivity index (χ1v) is 8.02. The van der Waals surface area contributed by atoms with Gasteiger partial charge >= 0.3 is 12.0 Å². The lowest BCUT2D eigenvalue weighted by Gasteiger charge is -2.35. The summed E-state index contributed by atoms with van der Waals surface area (Å²) in [5.74, 6) is -0.398. The maximum atomic E-state index is 12.6. The van der Waals surface area contributed by atoms with Gasteiger partial charge < -0.3 is 15.3 Å². The molecule has 0 aromatic carbocycles. The summed E-state index contributed by atoms with van der Waals surface area (Å²) in [6.07, 6.45) is 5.05. The Bertz CT molecular complexity index is 361. The summed E-state index contributed by atoms with van der Waals surface area (Å²) >= 11 is 0. The summed E-state index contributed by atoms with van der Waals surface area (Å²) in [5.41, 5.74) is -0.497. The standard InChI is InChI=1S/C16H30N2O3/c1-12(2)11-18(13-7-5-6-8-13)15(21)17-16(3,4)10-9-14(19)20/h12-13H,5-11H2,1-4H3,(H,17,21)(H,19,20). The van der Waals surface area contributed by atoms with Crippen molar-refractivity contribution >= 4 is 12.0 Å². The molecule has 2 N–H and O–H groups in total. The average molecular weight is 298 g/mol. The molecule has 0 bridgehead atoms. The van der Waals surface area contributed by atoms with Crippen LogP contribution in [0.3, 0.4) is 0 Å². The molecular weight excluding hydrogens is 268 g/mol. The number of urea groups is 1. The van der Waals surface area contributed by atoms with Crippen LogP contribution < -0.4 is 5.32 Å². The number of hydrogen-bond acceptors (Lipinski definition) is 2. The highest BCUT2D eigenvalue weighted by Crippen LogP contribution is 2.25. The van der Waals surface area contributed by atoms with Crippen molar-refractivity contribution in [2.45, 2.75) is 77.8 Å². The molecule has 0 atom stereocenters. The molecule has 5 nitrogen and oxygen atoms in total. The number of amides is 2. The van der Waals surface area contributed by atoms with Crippen LogP contribution in [0.5, 0.6) is 0 Å². The molecule has 21 heavy (non-hydrogen) atoms. The first kappa shape index (κ1) is 17.8. The molecule has 5 heteroatoms. The highest BCUT2D eigenvalue weighted by atomic mass is 16.4. The van der Waals surface area contributed by atoms with Crippen molar-refractivity contribution in [2.24, 2.45) is 5.92 Å². The van der Waals surface area contributed by atoms with Gasteiger partial charge in [-0.05, 0) is 39.0 Å². The maximum absolute atomic E-state index is 12.6. The molecule has 0 unspecified atom stereocenters. The second kappa shape index (κ2) is 7.66. The third kappa shape index (κ3) is 6.36. The third-order valence-corrected chi connectivity index (χ3v) is 4.00. The Hall–Kier alpha value is -1.26. The fourth-order valence-electron chi connectivity index (χ4n) is 2.85. The van der Waals surface area contributed by atoms with Crippen molar-refractivity contribution in [3.8, 4) is 0 Å². The van der Waals surface area contributed by atoms with Crippen molar-refractivity contribution in [3.63, 3.8) is 0 Å². The summed E-state index contributed by atoms with van der Waals surface area (Å²) in [6.45, 7) is 8.76. The third-order valence-electron chi connectivity index (χ3n) is 4.00. The topological polar surface area (TPSA) is 69.6 Å². The number of carbonyl (C=O) groups excluding carboxylic acids is 1. The molecule has 2 amide bonds. The Kier molecular flexibility index (Phi) is 6.49. The van der Waals surface area contributed by atoms with Gasteiger partial charge in [0.1, 0.15) is 0 Å². The van der Waals surface area contributed by atoms with E-state index in [0.29, 0.717) is 18.4 Å². The largest absolute Gasteiger partial charge is 0.481 e. The molecule has 0 radical (unpaired) electrons. The Labute approximate surface area is 128 Å². The summed E-state index contributed by atoms with van der Waals surface area (Å²) < 4.78 is 0. The first-order valence-electron chi connectivity index (χ1n) is 8.02. The van der Waals surface area contributed by atoms with E-state index in [9.17, 15) is 9.59 Å². The lowest BCUT2D eigenvalue weighted by atomic mass is 9.98. The van der Waals surface area contributed by atoms with E-state index in [1.54, 1.807) is 0 Å². The highest BCUT2D eigenvalue weighted by Gasteiger charge is 2.30. The van der Waals surface area contributed by atoms with Crippen LogP contribution in [-0.2, 0) is 4.79 Å². The van der Waals surface area contributed by atoms with E-state index in [4.69, 9.17) is 5.11 Å². The number of hydrogen-bond donors (Lipinski definition) is 2. The van der Waals surface area contributed by atoms with Crippen LogP contribution in [0.4, 0.5) is 4.79 Å². The molecule has 0 aromatic heterocycles. The number of carboxylic acid groups (broad SMARTS) is 1.